The highest BCUT2D eigenvalue weighted by molar-refractivity contribution is 6.08. The summed E-state index contributed by atoms with van der Waals surface area (Å²) >= 11 is 0. The second-order valence-corrected chi connectivity index (χ2v) is 9.67. The van der Waals surface area contributed by atoms with Crippen molar-refractivity contribution in [1.82, 2.24) is 16.0 Å². The van der Waals surface area contributed by atoms with Crippen molar-refractivity contribution in [2.75, 3.05) is 54.5 Å². The van der Waals surface area contributed by atoms with Crippen molar-refractivity contribution in [1.29, 1.82) is 0 Å². The summed E-state index contributed by atoms with van der Waals surface area (Å²) in [6.45, 7) is 3.35. The van der Waals surface area contributed by atoms with Gasteiger partial charge in [-0.3, -0.25) is 14.8 Å². The highest BCUT2D eigenvalue weighted by Crippen LogP contribution is 2.23. The number of carbonyl (C=O) groups excluding carboxylic acids is 3. The molecule has 7 N–H and O–H groups in total. The van der Waals surface area contributed by atoms with Gasteiger partial charge in [0.15, 0.2) is 0 Å². The summed E-state index contributed by atoms with van der Waals surface area (Å²) in [4.78, 5) is 47.0. The highest BCUT2D eigenvalue weighted by Gasteiger charge is 2.15. The molecule has 5 rings (SSSR count). The Labute approximate surface area is 243 Å². The molecule has 0 radical (unpaired) electrons. The molecule has 0 bridgehead atoms. The number of hydrogen-bond donors (Lipinski definition) is 7. The molecule has 42 heavy (non-hydrogen) atoms. The molecule has 0 fully saturated rings. The van der Waals surface area contributed by atoms with E-state index in [0.29, 0.717) is 17.1 Å². The third-order valence-corrected chi connectivity index (χ3v) is 6.62. The molecule has 2 heterocycles. The highest BCUT2D eigenvalue weighted by atomic mass is 16.2. The molecule has 0 aliphatic carbocycles. The Kier molecular flexibility index (Phi) is 8.92. The van der Waals surface area contributed by atoms with E-state index in [4.69, 9.17) is 0 Å². The fraction of sp³-hybridized carbons (Fsp3) is 0.233. The van der Waals surface area contributed by atoms with E-state index in [1.54, 1.807) is 30.3 Å². The van der Waals surface area contributed by atoms with Crippen molar-refractivity contribution in [3.8, 4) is 0 Å². The third kappa shape index (κ3) is 7.22. The summed E-state index contributed by atoms with van der Waals surface area (Å²) in [5, 5.41) is 20.1. The van der Waals surface area contributed by atoms with Crippen LogP contribution in [0.1, 0.15) is 34.3 Å². The maximum Gasteiger partial charge on any atom is 0.323 e. The molecule has 0 saturated heterocycles. The van der Waals surface area contributed by atoms with Gasteiger partial charge >= 0.3 is 12.1 Å². The van der Waals surface area contributed by atoms with Crippen LogP contribution < -0.4 is 37.2 Å². The van der Waals surface area contributed by atoms with Gasteiger partial charge in [-0.1, -0.05) is 0 Å². The molecule has 12 nitrogen and oxygen atoms in total. The lowest BCUT2D eigenvalue weighted by Crippen LogP contribution is -2.30. The first-order chi connectivity index (χ1) is 20.5. The van der Waals surface area contributed by atoms with Crippen molar-refractivity contribution in [2.24, 2.45) is 9.98 Å². The van der Waals surface area contributed by atoms with Crippen LogP contribution >= 0.6 is 0 Å². The minimum absolute atomic E-state index is 0.229. The maximum absolute atomic E-state index is 12.8. The molecule has 3 aromatic carbocycles. The number of urea groups is 2. The topological polar surface area (TPSA) is 160 Å². The Morgan fingerprint density at radius 2 is 1.12 bits per heavy atom. The number of aliphatic imine (C=N–C) groups is 2. The second-order valence-electron chi connectivity index (χ2n) is 9.67. The van der Waals surface area contributed by atoms with Crippen LogP contribution in [0.25, 0.3) is 0 Å². The zero-order valence-corrected chi connectivity index (χ0v) is 23.2. The lowest BCUT2D eigenvalue weighted by atomic mass is 10.1. The van der Waals surface area contributed by atoms with Crippen LogP contribution in [0.3, 0.4) is 0 Å². The average Bonchev–Trinajstić information content (AvgIpc) is 3.02. The Balaban J connectivity index is 1.22. The summed E-state index contributed by atoms with van der Waals surface area (Å²) in [5.74, 6) is 1.30. The fourth-order valence-electron chi connectivity index (χ4n) is 4.51. The summed E-state index contributed by atoms with van der Waals surface area (Å²) in [5.41, 5.74) is 3.91. The van der Waals surface area contributed by atoms with Crippen molar-refractivity contribution in [3.05, 3.63) is 83.4 Å². The van der Waals surface area contributed by atoms with E-state index in [1.165, 1.54) is 19.2 Å². The molecular formula is C30H33N9O3. The van der Waals surface area contributed by atoms with E-state index in [-0.39, 0.29) is 17.2 Å². The number of amides is 5. The van der Waals surface area contributed by atoms with Crippen LogP contribution in [0, 0.1) is 0 Å². The molecule has 0 unspecified atom stereocenters. The number of carbonyl (C=O) groups is 3. The van der Waals surface area contributed by atoms with Crippen molar-refractivity contribution < 1.29 is 14.4 Å². The average molecular weight is 568 g/mol. The van der Waals surface area contributed by atoms with Gasteiger partial charge in [-0.05, 0) is 79.6 Å². The smallest absolute Gasteiger partial charge is 0.323 e. The van der Waals surface area contributed by atoms with Crippen LogP contribution in [0.2, 0.25) is 0 Å². The first kappa shape index (κ1) is 28.1. The summed E-state index contributed by atoms with van der Waals surface area (Å²) in [7, 11) is 1.50. The van der Waals surface area contributed by atoms with Crippen LogP contribution in [0.4, 0.5) is 32.3 Å². The van der Waals surface area contributed by atoms with E-state index in [0.717, 1.165) is 61.8 Å². The van der Waals surface area contributed by atoms with E-state index in [2.05, 4.69) is 47.2 Å². The number of anilines is 4. The van der Waals surface area contributed by atoms with Gasteiger partial charge in [-0.25, -0.2) is 9.59 Å². The van der Waals surface area contributed by atoms with E-state index < -0.39 is 12.1 Å². The lowest BCUT2D eigenvalue weighted by molar-refractivity contribution is 0.0964. The van der Waals surface area contributed by atoms with Gasteiger partial charge in [-0.2, -0.15) is 0 Å². The standard InChI is InChI=1S/C30H33N9O3/c1-31-28(40)24-13-12-23(38-29(41)36-21-8-4-19(5-9-21)26-32-14-2-15-33-26)18-25(24)39-30(42)37-22-10-6-20(7-11-22)27-34-16-3-17-35-27/h4-13,18H,2-3,14-17H2,1H3,(H,31,40)(H,32,33)(H,34,35)(H2,36,38,41)(H2,37,39,42). The molecule has 2 aliphatic heterocycles. The van der Waals surface area contributed by atoms with Crippen molar-refractivity contribution in [3.63, 3.8) is 0 Å². The minimum Gasteiger partial charge on any atom is -0.370 e. The van der Waals surface area contributed by atoms with Gasteiger partial charge in [0.05, 0.1) is 11.3 Å². The van der Waals surface area contributed by atoms with E-state index in [1.807, 2.05) is 24.3 Å². The predicted octanol–water partition coefficient (Wildman–Crippen LogP) is 3.81. The van der Waals surface area contributed by atoms with Crippen LogP contribution in [0.5, 0.6) is 0 Å². The molecule has 0 saturated carbocycles. The number of nitrogens with zero attached hydrogens (tertiary/aromatic N) is 2. The monoisotopic (exact) mass is 567 g/mol. The largest absolute Gasteiger partial charge is 0.370 e. The van der Waals surface area contributed by atoms with E-state index >= 15 is 0 Å². The van der Waals surface area contributed by atoms with Crippen molar-refractivity contribution in [2.45, 2.75) is 12.8 Å². The quantitative estimate of drug-likeness (QED) is 0.231. The first-order valence-corrected chi connectivity index (χ1v) is 13.8. The Morgan fingerprint density at radius 3 is 1.60 bits per heavy atom. The third-order valence-electron chi connectivity index (χ3n) is 6.62. The number of nitrogens with one attached hydrogen (secondary N) is 7. The molecule has 12 heteroatoms. The Morgan fingerprint density at radius 1 is 0.643 bits per heavy atom. The Hall–Kier alpha value is -5.39. The predicted molar refractivity (Wildman–Crippen MR) is 166 cm³/mol. The lowest BCUT2D eigenvalue weighted by Gasteiger charge is -2.16. The van der Waals surface area contributed by atoms with Gasteiger partial charge < -0.3 is 37.2 Å². The zero-order valence-electron chi connectivity index (χ0n) is 23.2. The van der Waals surface area contributed by atoms with Crippen LogP contribution in [0.15, 0.2) is 76.7 Å². The molecule has 5 amide bonds. The maximum atomic E-state index is 12.8. The number of benzene rings is 3. The molecule has 0 atom stereocenters. The van der Waals surface area contributed by atoms with Gasteiger partial charge in [0.1, 0.15) is 11.7 Å². The molecule has 3 aromatic rings. The van der Waals surface area contributed by atoms with Crippen LogP contribution in [-0.4, -0.2) is 62.9 Å². The molecular weight excluding hydrogens is 534 g/mol. The fourth-order valence-corrected chi connectivity index (χ4v) is 4.51. The number of hydrogen-bond acceptors (Lipinski definition) is 7. The molecule has 216 valence electrons. The first-order valence-electron chi connectivity index (χ1n) is 13.8. The van der Waals surface area contributed by atoms with Crippen LogP contribution in [-0.2, 0) is 0 Å². The normalized spacial score (nSPS) is 14.2. The summed E-state index contributed by atoms with van der Waals surface area (Å²) < 4.78 is 0. The second kappa shape index (κ2) is 13.3. The summed E-state index contributed by atoms with van der Waals surface area (Å²) in [6, 6.07) is 18.3. The summed E-state index contributed by atoms with van der Waals surface area (Å²) in [6.07, 6.45) is 2.02. The van der Waals surface area contributed by atoms with Gasteiger partial charge in [0.2, 0.25) is 0 Å². The zero-order chi connectivity index (χ0) is 29.3. The van der Waals surface area contributed by atoms with Crippen molar-refractivity contribution >= 4 is 52.4 Å². The number of amidine groups is 2. The van der Waals surface area contributed by atoms with E-state index in [9.17, 15) is 14.4 Å². The molecule has 0 aromatic heterocycles. The van der Waals surface area contributed by atoms with Gasteiger partial charge in [0, 0.05) is 61.4 Å². The van der Waals surface area contributed by atoms with Gasteiger partial charge in [-0.15, -0.1) is 0 Å². The Bertz CT molecular complexity index is 1520. The molecule has 2 aliphatic rings. The van der Waals surface area contributed by atoms with Gasteiger partial charge in [0.25, 0.3) is 5.91 Å². The SMILES string of the molecule is CNC(=O)c1ccc(NC(=O)Nc2ccc(C3=NCCCN3)cc2)cc1NC(=O)Nc1ccc(C2=NCCCN2)cc1. The molecule has 0 spiro atoms. The minimum atomic E-state index is -0.542. The number of rotatable bonds is 7.